The van der Waals surface area contributed by atoms with Gasteiger partial charge in [-0.1, -0.05) is 33.0 Å². The molecule has 5 heteroatoms. The van der Waals surface area contributed by atoms with E-state index in [0.717, 1.165) is 12.4 Å². The summed E-state index contributed by atoms with van der Waals surface area (Å²) in [5.41, 5.74) is 7.07. The first-order valence-electron chi connectivity index (χ1n) is 7.17. The van der Waals surface area contributed by atoms with Gasteiger partial charge >= 0.3 is 0 Å². The van der Waals surface area contributed by atoms with Crippen LogP contribution >= 0.6 is 12.2 Å². The molecule has 2 atom stereocenters. The molecule has 2 bridgehead atoms. The maximum Gasteiger partial charge on any atom is 0.148 e. The minimum atomic E-state index is 0.313. The maximum absolute atomic E-state index is 5.67. The number of nitrogens with two attached hydrogens (primary N) is 1. The molecule has 3 rings (SSSR count). The Balaban J connectivity index is 1.92. The number of rotatable bonds is 2. The maximum atomic E-state index is 5.67. The lowest BCUT2D eigenvalue weighted by Crippen LogP contribution is -2.35. The third-order valence-corrected chi connectivity index (χ3v) is 4.79. The number of thiocarbonyl (C=S) groups is 1. The highest BCUT2D eigenvalue weighted by Gasteiger charge is 2.49. The molecule has 2 N–H and O–H groups in total. The molecule has 0 aromatic carbocycles. The van der Waals surface area contributed by atoms with Gasteiger partial charge in [-0.25, -0.2) is 4.98 Å². The molecule has 2 fully saturated rings. The van der Waals surface area contributed by atoms with E-state index in [1.807, 2.05) is 6.20 Å². The Morgan fingerprint density at radius 1 is 1.35 bits per heavy atom. The molecule has 2 heterocycles. The standard InChI is InChI=1S/C15H22N4S/c1-14(2)4-10-5-15(3,8-14)9-19(10)12-7-17-6-11(18-12)13(16)20/h6-7,10H,4-5,8-9H2,1-3H3,(H2,16,20)/t10-,15-/m0/s1. The van der Waals surface area contributed by atoms with Gasteiger partial charge in [-0.2, -0.15) is 0 Å². The number of nitrogens with zero attached hydrogens (tertiary/aromatic N) is 3. The fraction of sp³-hybridized carbons (Fsp3) is 0.667. The predicted octanol–water partition coefficient (Wildman–Crippen LogP) is 2.52. The summed E-state index contributed by atoms with van der Waals surface area (Å²) in [6, 6.07) is 0.555. The van der Waals surface area contributed by atoms with Gasteiger partial charge < -0.3 is 10.6 Å². The largest absolute Gasteiger partial charge is 0.388 e. The van der Waals surface area contributed by atoms with Crippen molar-refractivity contribution in [3.05, 3.63) is 18.1 Å². The number of hydrogen-bond donors (Lipinski definition) is 1. The van der Waals surface area contributed by atoms with E-state index in [2.05, 4.69) is 35.6 Å². The zero-order chi connectivity index (χ0) is 14.5. The molecule has 0 unspecified atom stereocenters. The van der Waals surface area contributed by atoms with Crippen LogP contribution in [0.4, 0.5) is 5.82 Å². The molecular formula is C15H22N4S. The van der Waals surface area contributed by atoms with Crippen molar-refractivity contribution >= 4 is 23.0 Å². The number of fused-ring (bicyclic) bond motifs is 2. The van der Waals surface area contributed by atoms with Crippen molar-refractivity contribution in [1.29, 1.82) is 0 Å². The van der Waals surface area contributed by atoms with Crippen LogP contribution in [0.1, 0.15) is 45.7 Å². The van der Waals surface area contributed by atoms with Crippen LogP contribution in [0.15, 0.2) is 12.4 Å². The predicted molar refractivity (Wildman–Crippen MR) is 84.8 cm³/mol. The highest BCUT2D eigenvalue weighted by Crippen LogP contribution is 2.53. The molecule has 1 saturated carbocycles. The first-order valence-corrected chi connectivity index (χ1v) is 7.57. The third-order valence-electron chi connectivity index (χ3n) is 4.58. The lowest BCUT2D eigenvalue weighted by Gasteiger charge is -2.39. The normalized spacial score (nSPS) is 31.4. The van der Waals surface area contributed by atoms with Crippen molar-refractivity contribution in [1.82, 2.24) is 9.97 Å². The second-order valence-electron chi connectivity index (χ2n) is 7.47. The van der Waals surface area contributed by atoms with Crippen LogP contribution in [0.3, 0.4) is 0 Å². The zero-order valence-electron chi connectivity index (χ0n) is 12.4. The van der Waals surface area contributed by atoms with E-state index < -0.39 is 0 Å². The summed E-state index contributed by atoms with van der Waals surface area (Å²) in [7, 11) is 0. The highest BCUT2D eigenvalue weighted by atomic mass is 32.1. The lowest BCUT2D eigenvalue weighted by atomic mass is 9.65. The third kappa shape index (κ3) is 2.39. The van der Waals surface area contributed by atoms with E-state index >= 15 is 0 Å². The van der Waals surface area contributed by atoms with E-state index in [4.69, 9.17) is 18.0 Å². The van der Waals surface area contributed by atoms with Gasteiger partial charge in [0.05, 0.1) is 12.4 Å². The van der Waals surface area contributed by atoms with E-state index in [1.165, 1.54) is 19.3 Å². The van der Waals surface area contributed by atoms with Crippen molar-refractivity contribution in [3.8, 4) is 0 Å². The molecule has 4 nitrogen and oxygen atoms in total. The van der Waals surface area contributed by atoms with Crippen LogP contribution in [-0.4, -0.2) is 27.5 Å². The van der Waals surface area contributed by atoms with Crippen molar-refractivity contribution in [3.63, 3.8) is 0 Å². The Bertz CT molecular complexity index is 557. The molecule has 2 aliphatic rings. The van der Waals surface area contributed by atoms with Gasteiger partial charge in [-0.15, -0.1) is 0 Å². The van der Waals surface area contributed by atoms with E-state index in [9.17, 15) is 0 Å². The highest BCUT2D eigenvalue weighted by molar-refractivity contribution is 7.80. The van der Waals surface area contributed by atoms with Crippen LogP contribution in [0.2, 0.25) is 0 Å². The summed E-state index contributed by atoms with van der Waals surface area (Å²) >= 11 is 5.00. The molecule has 1 saturated heterocycles. The van der Waals surface area contributed by atoms with Crippen molar-refractivity contribution in [2.45, 2.75) is 46.1 Å². The second kappa shape index (κ2) is 4.38. The van der Waals surface area contributed by atoms with E-state index in [0.29, 0.717) is 27.6 Å². The smallest absolute Gasteiger partial charge is 0.148 e. The summed E-state index contributed by atoms with van der Waals surface area (Å²) in [5.74, 6) is 0.918. The van der Waals surface area contributed by atoms with Crippen LogP contribution < -0.4 is 10.6 Å². The van der Waals surface area contributed by atoms with Crippen LogP contribution in [0.5, 0.6) is 0 Å². The Morgan fingerprint density at radius 2 is 2.10 bits per heavy atom. The van der Waals surface area contributed by atoms with Gasteiger partial charge in [-0.05, 0) is 30.1 Å². The summed E-state index contributed by atoms with van der Waals surface area (Å²) in [6.07, 6.45) is 7.20. The molecule has 0 radical (unpaired) electrons. The van der Waals surface area contributed by atoms with Gasteiger partial charge in [0.25, 0.3) is 0 Å². The lowest BCUT2D eigenvalue weighted by molar-refractivity contribution is 0.136. The molecule has 20 heavy (non-hydrogen) atoms. The van der Waals surface area contributed by atoms with Gasteiger partial charge in [0.15, 0.2) is 0 Å². The van der Waals surface area contributed by atoms with Crippen molar-refractivity contribution in [2.24, 2.45) is 16.6 Å². The molecular weight excluding hydrogens is 268 g/mol. The first-order chi connectivity index (χ1) is 9.28. The molecule has 1 aromatic rings. The van der Waals surface area contributed by atoms with Crippen LogP contribution in [0, 0.1) is 10.8 Å². The summed E-state index contributed by atoms with van der Waals surface area (Å²) < 4.78 is 0. The minimum Gasteiger partial charge on any atom is -0.388 e. The molecule has 1 aliphatic heterocycles. The van der Waals surface area contributed by atoms with Crippen LogP contribution in [-0.2, 0) is 0 Å². The summed E-state index contributed by atoms with van der Waals surface area (Å²) in [6.45, 7) is 8.19. The first kappa shape index (κ1) is 13.7. The summed E-state index contributed by atoms with van der Waals surface area (Å²) in [4.78, 5) is 11.6. The van der Waals surface area contributed by atoms with Crippen molar-refractivity contribution < 1.29 is 0 Å². The minimum absolute atomic E-state index is 0.313. The van der Waals surface area contributed by atoms with E-state index in [-0.39, 0.29) is 0 Å². The average molecular weight is 290 g/mol. The average Bonchev–Trinajstić information content (AvgIpc) is 2.58. The molecule has 0 spiro atoms. The Kier molecular flexibility index (Phi) is 3.01. The molecule has 108 valence electrons. The van der Waals surface area contributed by atoms with Gasteiger partial charge in [0.2, 0.25) is 0 Å². The van der Waals surface area contributed by atoms with Gasteiger partial charge in [-0.3, -0.25) is 4.98 Å². The monoisotopic (exact) mass is 290 g/mol. The summed E-state index contributed by atoms with van der Waals surface area (Å²) in [5, 5.41) is 0. The number of aromatic nitrogens is 2. The van der Waals surface area contributed by atoms with Crippen molar-refractivity contribution in [2.75, 3.05) is 11.4 Å². The Labute approximate surface area is 125 Å². The van der Waals surface area contributed by atoms with Crippen LogP contribution in [0.25, 0.3) is 0 Å². The Morgan fingerprint density at radius 3 is 2.80 bits per heavy atom. The van der Waals surface area contributed by atoms with E-state index in [1.54, 1.807) is 6.20 Å². The number of anilines is 1. The number of hydrogen-bond acceptors (Lipinski definition) is 4. The topological polar surface area (TPSA) is 55.0 Å². The fourth-order valence-electron chi connectivity index (χ4n) is 4.34. The van der Waals surface area contributed by atoms with Gasteiger partial charge in [0.1, 0.15) is 16.5 Å². The SMILES string of the molecule is CC1(C)C[C@H]2C[C@](C)(CN2c2cncc(C(N)=S)n2)C1. The molecule has 0 amide bonds. The van der Waals surface area contributed by atoms with Gasteiger partial charge in [0, 0.05) is 12.6 Å². The molecule has 1 aliphatic carbocycles. The molecule has 1 aromatic heterocycles. The zero-order valence-corrected chi connectivity index (χ0v) is 13.2. The second-order valence-corrected chi connectivity index (χ2v) is 7.91. The quantitative estimate of drug-likeness (QED) is 0.848. The Hall–Kier alpha value is -1.23. The fourth-order valence-corrected chi connectivity index (χ4v) is 4.44.